The van der Waals surface area contributed by atoms with Crippen molar-refractivity contribution < 1.29 is 9.66 Å². The number of hydrogen-bond donors (Lipinski definition) is 0. The van der Waals surface area contributed by atoms with Crippen LogP contribution in [0.25, 0.3) is 0 Å². The highest BCUT2D eigenvalue weighted by molar-refractivity contribution is 5.40. The van der Waals surface area contributed by atoms with Crippen LogP contribution in [0.3, 0.4) is 0 Å². The summed E-state index contributed by atoms with van der Waals surface area (Å²) < 4.78 is 5.52. The third-order valence-electron chi connectivity index (χ3n) is 3.11. The van der Waals surface area contributed by atoms with E-state index >= 15 is 0 Å². The summed E-state index contributed by atoms with van der Waals surface area (Å²) in [6.45, 7) is 3.25. The molecule has 6 nitrogen and oxygen atoms in total. The van der Waals surface area contributed by atoms with E-state index in [2.05, 4.69) is 9.88 Å². The van der Waals surface area contributed by atoms with Gasteiger partial charge < -0.3 is 4.74 Å². The quantitative estimate of drug-likeness (QED) is 0.584. The van der Waals surface area contributed by atoms with Crippen LogP contribution in [0.2, 0.25) is 0 Å². The second-order valence-corrected chi connectivity index (χ2v) is 4.27. The van der Waals surface area contributed by atoms with Gasteiger partial charge in [0, 0.05) is 6.04 Å². The topological polar surface area (TPSA) is 68.5 Å². The molecule has 0 spiro atoms. The number of likely N-dealkylation sites (N-methyl/N-ethyl adjacent to an activating group) is 1. The molecule has 1 aromatic rings. The fourth-order valence-corrected chi connectivity index (χ4v) is 1.74. The van der Waals surface area contributed by atoms with E-state index in [0.29, 0.717) is 24.1 Å². The Labute approximate surface area is 99.4 Å². The first-order chi connectivity index (χ1) is 8.08. The Bertz CT molecular complexity index is 436. The van der Waals surface area contributed by atoms with E-state index in [1.54, 1.807) is 6.92 Å². The second-order valence-electron chi connectivity index (χ2n) is 4.27. The molecule has 1 aromatic heterocycles. The summed E-state index contributed by atoms with van der Waals surface area (Å²) >= 11 is 0. The zero-order valence-electron chi connectivity index (χ0n) is 9.92. The molecule has 0 bridgehead atoms. The van der Waals surface area contributed by atoms with Gasteiger partial charge in [-0.25, -0.2) is 0 Å². The van der Waals surface area contributed by atoms with E-state index < -0.39 is 4.92 Å². The van der Waals surface area contributed by atoms with Crippen molar-refractivity contribution in [3.8, 4) is 5.75 Å². The number of ether oxygens (including phenoxy) is 1. The van der Waals surface area contributed by atoms with Gasteiger partial charge in [-0.1, -0.05) is 0 Å². The normalized spacial score (nSPS) is 19.8. The molecule has 1 aliphatic rings. The molecule has 92 valence electrons. The van der Waals surface area contributed by atoms with Gasteiger partial charge in [0.15, 0.2) is 0 Å². The molecule has 2 heterocycles. The minimum Gasteiger partial charge on any atom is -0.490 e. The van der Waals surface area contributed by atoms with Crippen molar-refractivity contribution in [1.29, 1.82) is 0 Å². The molecule has 0 unspecified atom stereocenters. The molecular formula is C11H15N3O3. The van der Waals surface area contributed by atoms with Gasteiger partial charge in [-0.05, 0) is 26.9 Å². The molecule has 0 aromatic carbocycles. The molecule has 0 radical (unpaired) electrons. The minimum atomic E-state index is -0.440. The largest absolute Gasteiger partial charge is 0.490 e. The molecule has 1 saturated heterocycles. The van der Waals surface area contributed by atoms with Crippen LogP contribution in [-0.4, -0.2) is 41.0 Å². The number of nitrogens with zero attached hydrogens (tertiary/aromatic N) is 3. The molecule has 1 atom stereocenters. The molecule has 2 rings (SSSR count). The average molecular weight is 237 g/mol. The fraction of sp³-hybridized carbons (Fsp3) is 0.545. The van der Waals surface area contributed by atoms with Crippen molar-refractivity contribution in [3.63, 3.8) is 0 Å². The lowest BCUT2D eigenvalue weighted by Gasteiger charge is -2.37. The number of hydrogen-bond acceptors (Lipinski definition) is 5. The minimum absolute atomic E-state index is 0.00413. The van der Waals surface area contributed by atoms with Gasteiger partial charge in [0.2, 0.25) is 0 Å². The van der Waals surface area contributed by atoms with Crippen LogP contribution in [0.5, 0.6) is 5.75 Å². The van der Waals surface area contributed by atoms with Crippen LogP contribution in [0.15, 0.2) is 12.3 Å². The summed E-state index contributed by atoms with van der Waals surface area (Å²) in [5.74, 6) is 0.461. The molecule has 1 aliphatic heterocycles. The maximum Gasteiger partial charge on any atom is 0.294 e. The first-order valence-electron chi connectivity index (χ1n) is 5.52. The average Bonchev–Trinajstić information content (AvgIpc) is 2.29. The Morgan fingerprint density at radius 2 is 2.47 bits per heavy atom. The first-order valence-corrected chi connectivity index (χ1v) is 5.52. The van der Waals surface area contributed by atoms with Crippen molar-refractivity contribution in [1.82, 2.24) is 9.88 Å². The van der Waals surface area contributed by atoms with Crippen LogP contribution in [0.4, 0.5) is 5.69 Å². The lowest BCUT2D eigenvalue weighted by molar-refractivity contribution is -0.385. The lowest BCUT2D eigenvalue weighted by Crippen LogP contribution is -2.48. The second kappa shape index (κ2) is 4.67. The Morgan fingerprint density at radius 3 is 3.00 bits per heavy atom. The molecule has 0 amide bonds. The van der Waals surface area contributed by atoms with E-state index in [0.717, 1.165) is 13.0 Å². The van der Waals surface area contributed by atoms with Crippen molar-refractivity contribution in [2.24, 2.45) is 0 Å². The van der Waals surface area contributed by atoms with Crippen molar-refractivity contribution >= 4 is 5.69 Å². The number of nitro groups is 1. The maximum absolute atomic E-state index is 10.7. The molecule has 0 N–H and O–H groups in total. The Morgan fingerprint density at radius 1 is 1.71 bits per heavy atom. The standard InChI is InChI=1S/C11H15N3O3/c1-8-11(14(15)16)5-10(6-12-8)17-7-9-3-4-13(9)2/h5-6,9H,3-4,7H2,1-2H3/t9-/m0/s1. The molecule has 17 heavy (non-hydrogen) atoms. The van der Waals surface area contributed by atoms with E-state index in [-0.39, 0.29) is 5.69 Å². The summed E-state index contributed by atoms with van der Waals surface area (Å²) in [7, 11) is 2.04. The van der Waals surface area contributed by atoms with Gasteiger partial charge in [-0.15, -0.1) is 0 Å². The molecule has 0 aliphatic carbocycles. The summed E-state index contributed by atoms with van der Waals surface area (Å²) in [6, 6.07) is 1.84. The van der Waals surface area contributed by atoms with E-state index in [1.165, 1.54) is 12.3 Å². The Kier molecular flexibility index (Phi) is 3.23. The fourth-order valence-electron chi connectivity index (χ4n) is 1.74. The van der Waals surface area contributed by atoms with Gasteiger partial charge in [-0.3, -0.25) is 20.0 Å². The maximum atomic E-state index is 10.7. The lowest BCUT2D eigenvalue weighted by atomic mass is 10.1. The predicted molar refractivity (Wildman–Crippen MR) is 62.2 cm³/mol. The van der Waals surface area contributed by atoms with Gasteiger partial charge in [-0.2, -0.15) is 0 Å². The van der Waals surface area contributed by atoms with Crippen molar-refractivity contribution in [2.45, 2.75) is 19.4 Å². The van der Waals surface area contributed by atoms with Crippen molar-refractivity contribution in [3.05, 3.63) is 28.1 Å². The third-order valence-corrected chi connectivity index (χ3v) is 3.11. The zero-order valence-corrected chi connectivity index (χ0v) is 9.92. The highest BCUT2D eigenvalue weighted by Gasteiger charge is 2.24. The SMILES string of the molecule is Cc1ncc(OC[C@@H]2CCN2C)cc1[N+](=O)[O-]. The molecule has 6 heteroatoms. The van der Waals surface area contributed by atoms with Gasteiger partial charge in [0.1, 0.15) is 18.1 Å². The van der Waals surface area contributed by atoms with Gasteiger partial charge >= 0.3 is 0 Å². The molecular weight excluding hydrogens is 222 g/mol. The van der Waals surface area contributed by atoms with E-state index in [9.17, 15) is 10.1 Å². The highest BCUT2D eigenvalue weighted by Crippen LogP contribution is 2.23. The Balaban J connectivity index is 2.01. The predicted octanol–water partition coefficient (Wildman–Crippen LogP) is 1.38. The van der Waals surface area contributed by atoms with Crippen LogP contribution in [-0.2, 0) is 0 Å². The number of rotatable bonds is 4. The highest BCUT2D eigenvalue weighted by atomic mass is 16.6. The van der Waals surface area contributed by atoms with Crippen LogP contribution in [0, 0.1) is 17.0 Å². The number of pyridine rings is 1. The molecule has 0 saturated carbocycles. The van der Waals surface area contributed by atoms with Crippen LogP contribution >= 0.6 is 0 Å². The number of likely N-dealkylation sites (tertiary alicyclic amines) is 1. The smallest absolute Gasteiger partial charge is 0.294 e. The summed E-state index contributed by atoms with van der Waals surface area (Å²) in [4.78, 5) is 16.4. The van der Waals surface area contributed by atoms with Gasteiger partial charge in [0.25, 0.3) is 5.69 Å². The molecule has 1 fully saturated rings. The number of aromatic nitrogens is 1. The van der Waals surface area contributed by atoms with E-state index in [4.69, 9.17) is 4.74 Å². The van der Waals surface area contributed by atoms with Crippen LogP contribution < -0.4 is 4.74 Å². The Hall–Kier alpha value is -1.69. The van der Waals surface area contributed by atoms with E-state index in [1.807, 2.05) is 7.05 Å². The summed E-state index contributed by atoms with van der Waals surface area (Å²) in [5.41, 5.74) is 0.410. The third kappa shape index (κ3) is 2.52. The zero-order chi connectivity index (χ0) is 12.4. The first kappa shape index (κ1) is 11.8. The summed E-state index contributed by atoms with van der Waals surface area (Å²) in [6.07, 6.45) is 2.64. The monoisotopic (exact) mass is 237 g/mol. The van der Waals surface area contributed by atoms with Crippen LogP contribution in [0.1, 0.15) is 12.1 Å². The van der Waals surface area contributed by atoms with Crippen molar-refractivity contribution in [2.75, 3.05) is 20.2 Å². The van der Waals surface area contributed by atoms with Gasteiger partial charge in [0.05, 0.1) is 17.2 Å². The number of aryl methyl sites for hydroxylation is 1. The summed E-state index contributed by atoms with van der Waals surface area (Å²) in [5, 5.41) is 10.7.